The third-order valence-corrected chi connectivity index (χ3v) is 5.87. The predicted molar refractivity (Wildman–Crippen MR) is 157 cm³/mol. The van der Waals surface area contributed by atoms with Crippen molar-refractivity contribution in [3.05, 3.63) is 57.9 Å². The summed E-state index contributed by atoms with van der Waals surface area (Å²) in [6, 6.07) is 10.2. The topological polar surface area (TPSA) is 191 Å². The van der Waals surface area contributed by atoms with Gasteiger partial charge in [-0.05, 0) is 44.0 Å². The number of benzene rings is 2. The van der Waals surface area contributed by atoms with Crippen LogP contribution in [0.15, 0.2) is 41.2 Å². The number of carbonyl (C=O) groups excluding carboxylic acids is 2. The van der Waals surface area contributed by atoms with Gasteiger partial charge in [0, 0.05) is 31.6 Å². The number of fused-ring (bicyclic) bond motifs is 2. The van der Waals surface area contributed by atoms with Crippen molar-refractivity contribution in [1.82, 2.24) is 25.3 Å². The van der Waals surface area contributed by atoms with Crippen LogP contribution in [-0.2, 0) is 23.3 Å². The summed E-state index contributed by atoms with van der Waals surface area (Å²) >= 11 is 0. The number of hydrogen-bond acceptors (Lipinski definition) is 10. The molecule has 1 amide bonds. The molecule has 0 saturated carbocycles. The fourth-order valence-electron chi connectivity index (χ4n) is 3.96. The Hall–Kier alpha value is -4.16. The van der Waals surface area contributed by atoms with Gasteiger partial charge in [0.2, 0.25) is 11.9 Å². The number of nitrogens with two attached hydrogens (primary N) is 2. The van der Waals surface area contributed by atoms with E-state index in [9.17, 15) is 14.4 Å². The molecule has 217 valence electrons. The van der Waals surface area contributed by atoms with Crippen LogP contribution in [0.5, 0.6) is 0 Å². The van der Waals surface area contributed by atoms with E-state index < -0.39 is 11.5 Å². The second-order valence-corrected chi connectivity index (χ2v) is 8.89. The smallest absolute Gasteiger partial charge is 0.339 e. The van der Waals surface area contributed by atoms with E-state index in [4.69, 9.17) is 16.2 Å². The van der Waals surface area contributed by atoms with E-state index in [2.05, 4.69) is 44.4 Å². The zero-order chi connectivity index (χ0) is 29.1. The van der Waals surface area contributed by atoms with E-state index in [1.165, 1.54) is 6.07 Å². The largest absolute Gasteiger partial charge is 0.462 e. The number of nitrogens with zero attached hydrogens (tertiary/aromatic N) is 3. The Bertz CT molecular complexity index is 1540. The summed E-state index contributed by atoms with van der Waals surface area (Å²) in [6.45, 7) is 7.62. The van der Waals surface area contributed by atoms with Crippen molar-refractivity contribution in [1.29, 1.82) is 0 Å². The summed E-state index contributed by atoms with van der Waals surface area (Å²) in [5.74, 6) is 0.205. The minimum atomic E-state index is -0.546. The normalized spacial score (nSPS) is 10.3. The SMILES string of the molecule is CCCCNC(=O)c1cccc2nc(N)nc(NCCCC)c12.CCOC(=O)c1cccc2nc(N)[nH]c(=O)c12.[V]. The van der Waals surface area contributed by atoms with Crippen LogP contribution in [0.25, 0.3) is 21.8 Å². The fourth-order valence-corrected chi connectivity index (χ4v) is 3.96. The Labute approximate surface area is 250 Å². The molecule has 4 rings (SSSR count). The van der Waals surface area contributed by atoms with Gasteiger partial charge in [-0.1, -0.05) is 38.8 Å². The van der Waals surface area contributed by atoms with Crippen molar-refractivity contribution in [2.75, 3.05) is 36.5 Å². The second kappa shape index (κ2) is 16.2. The molecule has 2 aromatic carbocycles. The van der Waals surface area contributed by atoms with Crippen molar-refractivity contribution >= 4 is 51.4 Å². The standard InChI is InChI=1S/C17H25N5O.C11H11N3O3.V/c1-3-5-10-19-15-14-12(16(23)20-11-6-4-2)8-7-9-13(14)21-17(18)22-15;1-2-17-10(16)6-4-3-5-7-8(6)9(15)14-11(12)13-7;/h7-9H,3-6,10-11H2,1-2H3,(H,20,23)(H3,18,19,21,22);3-5H,2H2,1H3,(H3,12,13,14,15);. The van der Waals surface area contributed by atoms with Crippen LogP contribution < -0.4 is 27.7 Å². The van der Waals surface area contributed by atoms with Gasteiger partial charge in [-0.2, -0.15) is 4.98 Å². The maximum Gasteiger partial charge on any atom is 0.339 e. The van der Waals surface area contributed by atoms with E-state index >= 15 is 0 Å². The molecule has 2 heterocycles. The maximum absolute atomic E-state index is 12.5. The summed E-state index contributed by atoms with van der Waals surface area (Å²) in [6.07, 6.45) is 4.10. The fraction of sp³-hybridized carbons (Fsp3) is 0.357. The Morgan fingerprint density at radius 3 is 2.17 bits per heavy atom. The quantitative estimate of drug-likeness (QED) is 0.133. The van der Waals surface area contributed by atoms with Gasteiger partial charge in [0.15, 0.2) is 0 Å². The summed E-state index contributed by atoms with van der Waals surface area (Å²) < 4.78 is 4.87. The van der Waals surface area contributed by atoms with Crippen molar-refractivity contribution in [3.8, 4) is 0 Å². The first-order valence-corrected chi connectivity index (χ1v) is 13.3. The molecule has 7 N–H and O–H groups in total. The number of nitrogen functional groups attached to an aromatic ring is 2. The van der Waals surface area contributed by atoms with Crippen LogP contribution in [0.3, 0.4) is 0 Å². The number of aromatic amines is 1. The first-order chi connectivity index (χ1) is 19.3. The molecule has 0 aliphatic heterocycles. The number of ether oxygens (including phenoxy) is 1. The zero-order valence-corrected chi connectivity index (χ0v) is 24.9. The zero-order valence-electron chi connectivity index (χ0n) is 23.5. The van der Waals surface area contributed by atoms with Crippen LogP contribution in [0, 0.1) is 0 Å². The number of hydrogen-bond donors (Lipinski definition) is 5. The average molecular weight is 600 g/mol. The molecule has 2 aromatic heterocycles. The Balaban J connectivity index is 0.000000292. The van der Waals surface area contributed by atoms with Gasteiger partial charge in [0.05, 0.1) is 39.5 Å². The second-order valence-electron chi connectivity index (χ2n) is 8.89. The van der Waals surface area contributed by atoms with Gasteiger partial charge in [-0.3, -0.25) is 14.6 Å². The van der Waals surface area contributed by atoms with Crippen LogP contribution in [0.2, 0.25) is 0 Å². The molecular weight excluding hydrogens is 563 g/mol. The monoisotopic (exact) mass is 599 g/mol. The molecule has 0 unspecified atom stereocenters. The van der Waals surface area contributed by atoms with E-state index in [1.807, 2.05) is 12.1 Å². The van der Waals surface area contributed by atoms with Gasteiger partial charge in [-0.25, -0.2) is 14.8 Å². The number of anilines is 3. The van der Waals surface area contributed by atoms with Crippen molar-refractivity contribution in [3.63, 3.8) is 0 Å². The molecule has 41 heavy (non-hydrogen) atoms. The van der Waals surface area contributed by atoms with E-state index in [0.29, 0.717) is 29.0 Å². The number of unbranched alkanes of at least 4 members (excludes halogenated alkanes) is 2. The minimum absolute atomic E-state index is 0. The molecular formula is C28H36N8O4V. The number of carbonyl (C=O) groups is 2. The molecule has 0 bridgehead atoms. The van der Waals surface area contributed by atoms with Crippen LogP contribution in [0.4, 0.5) is 17.7 Å². The average Bonchev–Trinajstić information content (AvgIpc) is 2.92. The molecule has 4 aromatic rings. The molecule has 0 aliphatic rings. The van der Waals surface area contributed by atoms with Gasteiger partial charge in [0.25, 0.3) is 11.5 Å². The summed E-state index contributed by atoms with van der Waals surface area (Å²) in [5.41, 5.74) is 12.6. The first-order valence-electron chi connectivity index (χ1n) is 13.3. The molecule has 12 nitrogen and oxygen atoms in total. The van der Waals surface area contributed by atoms with Crippen molar-refractivity contribution in [2.45, 2.75) is 46.5 Å². The summed E-state index contributed by atoms with van der Waals surface area (Å²) in [7, 11) is 0. The van der Waals surface area contributed by atoms with E-state index in [0.717, 1.165) is 37.6 Å². The molecule has 0 aliphatic carbocycles. The van der Waals surface area contributed by atoms with Gasteiger partial charge in [0.1, 0.15) is 5.82 Å². The molecule has 0 atom stereocenters. The first kappa shape index (κ1) is 33.1. The summed E-state index contributed by atoms with van der Waals surface area (Å²) in [4.78, 5) is 50.7. The number of rotatable bonds is 10. The van der Waals surface area contributed by atoms with Crippen LogP contribution in [-0.4, -0.2) is 51.5 Å². The molecule has 0 saturated heterocycles. The molecule has 13 heteroatoms. The van der Waals surface area contributed by atoms with Crippen molar-refractivity contribution in [2.24, 2.45) is 0 Å². The number of H-pyrrole nitrogens is 1. The number of esters is 1. The van der Waals surface area contributed by atoms with Crippen LogP contribution >= 0.6 is 0 Å². The third kappa shape index (κ3) is 8.66. The van der Waals surface area contributed by atoms with Gasteiger partial charge >= 0.3 is 5.97 Å². The Kier molecular flexibility index (Phi) is 13.1. The van der Waals surface area contributed by atoms with Crippen LogP contribution in [0.1, 0.15) is 67.2 Å². The van der Waals surface area contributed by atoms with E-state index in [-0.39, 0.29) is 53.9 Å². The summed E-state index contributed by atoms with van der Waals surface area (Å²) in [5, 5.41) is 7.15. The van der Waals surface area contributed by atoms with Crippen molar-refractivity contribution < 1.29 is 32.9 Å². The maximum atomic E-state index is 12.5. The van der Waals surface area contributed by atoms with E-state index in [1.54, 1.807) is 25.1 Å². The number of amides is 1. The predicted octanol–water partition coefficient (Wildman–Crippen LogP) is 3.63. The Morgan fingerprint density at radius 1 is 0.878 bits per heavy atom. The minimum Gasteiger partial charge on any atom is -0.462 e. The number of nitrogens with one attached hydrogen (secondary N) is 3. The molecule has 0 spiro atoms. The van der Waals surface area contributed by atoms with Gasteiger partial charge in [-0.15, -0.1) is 0 Å². The number of aromatic nitrogens is 4. The molecule has 0 fully saturated rings. The van der Waals surface area contributed by atoms with Gasteiger partial charge < -0.3 is 26.8 Å². The Morgan fingerprint density at radius 2 is 1.51 bits per heavy atom. The third-order valence-electron chi connectivity index (χ3n) is 5.87. The molecule has 1 radical (unpaired) electrons.